The van der Waals surface area contributed by atoms with Crippen molar-refractivity contribution < 1.29 is 27.5 Å². The largest absolute Gasteiger partial charge is 0.497 e. The molecule has 2 aromatic rings. The van der Waals surface area contributed by atoms with Gasteiger partial charge in [0, 0.05) is 13.1 Å². The molecule has 0 saturated carbocycles. The summed E-state index contributed by atoms with van der Waals surface area (Å²) in [7, 11) is -2.61. The van der Waals surface area contributed by atoms with Crippen LogP contribution in [0.3, 0.4) is 0 Å². The first-order valence-corrected chi connectivity index (χ1v) is 13.0. The van der Waals surface area contributed by atoms with E-state index in [1.807, 2.05) is 6.92 Å². The fraction of sp³-hybridized carbons (Fsp3) is 0.400. The van der Waals surface area contributed by atoms with Crippen molar-refractivity contribution in [3.63, 3.8) is 0 Å². The fourth-order valence-corrected chi connectivity index (χ4v) is 5.47. The number of carbonyl (C=O) groups is 3. The molecule has 1 atom stereocenters. The van der Waals surface area contributed by atoms with Crippen molar-refractivity contribution >= 4 is 27.7 Å². The van der Waals surface area contributed by atoms with Crippen LogP contribution in [0.1, 0.15) is 49.0 Å². The molecular formula is C25H31N3O6S. The van der Waals surface area contributed by atoms with Gasteiger partial charge < -0.3 is 15.0 Å². The first-order chi connectivity index (χ1) is 16.7. The Morgan fingerprint density at radius 3 is 2.37 bits per heavy atom. The van der Waals surface area contributed by atoms with Gasteiger partial charge in [-0.1, -0.05) is 44.5 Å². The van der Waals surface area contributed by atoms with Crippen LogP contribution < -0.4 is 10.1 Å². The predicted octanol–water partition coefficient (Wildman–Crippen LogP) is 2.56. The summed E-state index contributed by atoms with van der Waals surface area (Å²) in [6.45, 7) is 3.65. The molecule has 3 amide bonds. The van der Waals surface area contributed by atoms with Crippen LogP contribution in [0.2, 0.25) is 0 Å². The number of nitrogens with zero attached hydrogens (tertiary/aromatic N) is 2. The van der Waals surface area contributed by atoms with Crippen molar-refractivity contribution in [2.75, 3.05) is 20.2 Å². The molecule has 0 spiro atoms. The summed E-state index contributed by atoms with van der Waals surface area (Å²) >= 11 is 0. The molecule has 188 valence electrons. The van der Waals surface area contributed by atoms with Crippen molar-refractivity contribution in [1.29, 1.82) is 0 Å². The van der Waals surface area contributed by atoms with Crippen LogP contribution in [-0.2, 0) is 26.2 Å². The normalized spacial score (nSPS) is 14.8. The molecule has 0 bridgehead atoms. The van der Waals surface area contributed by atoms with E-state index >= 15 is 0 Å². The second-order valence-electron chi connectivity index (χ2n) is 8.25. The SMILES string of the molecule is CCCCNC(=O)[C@H](CC)N(Cc1ccc(OC)cc1)C(=O)CN1C(=O)c2ccccc2S1(=O)=O. The monoisotopic (exact) mass is 501 g/mol. The zero-order chi connectivity index (χ0) is 25.6. The first kappa shape index (κ1) is 26.2. The van der Waals surface area contributed by atoms with Crippen LogP contribution >= 0.6 is 0 Å². The molecule has 1 aliphatic rings. The summed E-state index contributed by atoms with van der Waals surface area (Å²) in [5.74, 6) is -1.06. The number of benzene rings is 2. The Morgan fingerprint density at radius 1 is 1.09 bits per heavy atom. The Balaban J connectivity index is 1.89. The van der Waals surface area contributed by atoms with Crippen LogP contribution in [0.5, 0.6) is 5.75 Å². The lowest BCUT2D eigenvalue weighted by atomic mass is 10.1. The average molecular weight is 502 g/mol. The maximum atomic E-state index is 13.5. The van der Waals surface area contributed by atoms with Gasteiger partial charge in [-0.2, -0.15) is 0 Å². The molecule has 35 heavy (non-hydrogen) atoms. The summed E-state index contributed by atoms with van der Waals surface area (Å²) in [4.78, 5) is 40.5. The molecular weight excluding hydrogens is 470 g/mol. The third-order valence-electron chi connectivity index (χ3n) is 5.92. The van der Waals surface area contributed by atoms with Crippen LogP contribution in [-0.4, -0.2) is 61.6 Å². The summed E-state index contributed by atoms with van der Waals surface area (Å²) in [6, 6.07) is 12.1. The highest BCUT2D eigenvalue weighted by molar-refractivity contribution is 7.90. The maximum absolute atomic E-state index is 13.5. The molecule has 1 N–H and O–H groups in total. The Bertz CT molecular complexity index is 1180. The number of fused-ring (bicyclic) bond motifs is 1. The molecule has 2 aromatic carbocycles. The van der Waals surface area contributed by atoms with E-state index in [1.165, 1.54) is 23.1 Å². The predicted molar refractivity (Wildman–Crippen MR) is 130 cm³/mol. The summed E-state index contributed by atoms with van der Waals surface area (Å²) in [6.07, 6.45) is 2.02. The number of hydrogen-bond donors (Lipinski definition) is 1. The minimum absolute atomic E-state index is 0.0337. The second kappa shape index (κ2) is 11.4. The lowest BCUT2D eigenvalue weighted by Gasteiger charge is -2.31. The van der Waals surface area contributed by atoms with Crippen molar-refractivity contribution in [3.05, 3.63) is 59.7 Å². The van der Waals surface area contributed by atoms with Crippen molar-refractivity contribution in [2.45, 2.75) is 50.6 Å². The molecule has 10 heteroatoms. The van der Waals surface area contributed by atoms with E-state index in [0.29, 0.717) is 23.0 Å². The third-order valence-corrected chi connectivity index (χ3v) is 7.71. The van der Waals surface area contributed by atoms with E-state index in [4.69, 9.17) is 4.74 Å². The fourth-order valence-electron chi connectivity index (χ4n) is 3.95. The molecule has 0 radical (unpaired) electrons. The van der Waals surface area contributed by atoms with Gasteiger partial charge in [0.15, 0.2) is 0 Å². The smallest absolute Gasteiger partial charge is 0.269 e. The molecule has 9 nitrogen and oxygen atoms in total. The highest BCUT2D eigenvalue weighted by Crippen LogP contribution is 2.30. The molecule has 0 aromatic heterocycles. The van der Waals surface area contributed by atoms with Crippen molar-refractivity contribution in [3.8, 4) is 5.75 Å². The molecule has 0 saturated heterocycles. The van der Waals surface area contributed by atoms with E-state index < -0.39 is 34.4 Å². The number of amides is 3. The average Bonchev–Trinajstić information content (AvgIpc) is 3.05. The molecule has 3 rings (SSSR count). The van der Waals surface area contributed by atoms with Gasteiger partial charge in [-0.25, -0.2) is 12.7 Å². The van der Waals surface area contributed by atoms with Gasteiger partial charge in [-0.05, 0) is 42.7 Å². The lowest BCUT2D eigenvalue weighted by Crippen LogP contribution is -2.52. The summed E-state index contributed by atoms with van der Waals surface area (Å²) in [5, 5.41) is 2.86. The Labute approximate surface area is 206 Å². The van der Waals surface area contributed by atoms with Crippen molar-refractivity contribution in [2.24, 2.45) is 0 Å². The van der Waals surface area contributed by atoms with Crippen molar-refractivity contribution in [1.82, 2.24) is 14.5 Å². The van der Waals surface area contributed by atoms with Crippen LogP contribution in [0.4, 0.5) is 0 Å². The van der Waals surface area contributed by atoms with Gasteiger partial charge in [-0.3, -0.25) is 14.4 Å². The van der Waals surface area contributed by atoms with Gasteiger partial charge in [0.05, 0.1) is 12.7 Å². The lowest BCUT2D eigenvalue weighted by molar-refractivity contribution is -0.141. The van der Waals surface area contributed by atoms with Gasteiger partial charge >= 0.3 is 0 Å². The molecule has 1 aliphatic heterocycles. The number of hydrogen-bond acceptors (Lipinski definition) is 6. The van der Waals surface area contributed by atoms with Crippen LogP contribution in [0.15, 0.2) is 53.4 Å². The Kier molecular flexibility index (Phi) is 8.50. The number of rotatable bonds is 11. The van der Waals surface area contributed by atoms with E-state index in [-0.39, 0.29) is 22.9 Å². The molecule has 0 fully saturated rings. The Morgan fingerprint density at radius 2 is 1.77 bits per heavy atom. The van der Waals surface area contributed by atoms with E-state index in [0.717, 1.165) is 18.4 Å². The number of nitrogens with one attached hydrogen (secondary N) is 1. The minimum Gasteiger partial charge on any atom is -0.497 e. The van der Waals surface area contributed by atoms with E-state index in [2.05, 4.69) is 5.32 Å². The van der Waals surface area contributed by atoms with Gasteiger partial charge in [0.1, 0.15) is 23.2 Å². The van der Waals surface area contributed by atoms with E-state index in [1.54, 1.807) is 44.4 Å². The highest BCUT2D eigenvalue weighted by Gasteiger charge is 2.43. The highest BCUT2D eigenvalue weighted by atomic mass is 32.2. The second-order valence-corrected chi connectivity index (χ2v) is 10.1. The van der Waals surface area contributed by atoms with Gasteiger partial charge in [0.25, 0.3) is 15.9 Å². The zero-order valence-corrected chi connectivity index (χ0v) is 21.0. The number of sulfonamides is 1. The summed E-state index contributed by atoms with van der Waals surface area (Å²) in [5.41, 5.74) is 0.768. The van der Waals surface area contributed by atoms with E-state index in [9.17, 15) is 22.8 Å². The van der Waals surface area contributed by atoms with Gasteiger partial charge in [-0.15, -0.1) is 0 Å². The van der Waals surface area contributed by atoms with Crippen LogP contribution in [0.25, 0.3) is 0 Å². The number of methoxy groups -OCH3 is 1. The molecule has 1 heterocycles. The number of carbonyl (C=O) groups excluding carboxylic acids is 3. The number of unbranched alkanes of at least 4 members (excludes halogenated alkanes) is 1. The first-order valence-electron chi connectivity index (χ1n) is 11.6. The third kappa shape index (κ3) is 5.64. The Hall–Kier alpha value is -3.40. The standard InChI is InChI=1S/C25H31N3O6S/c1-4-6-15-26-24(30)21(5-2)27(16-18-11-13-19(34-3)14-12-18)23(29)17-28-25(31)20-9-7-8-10-22(20)35(28,32)33/h7-14,21H,4-6,15-17H2,1-3H3,(H,26,30)/t21-/m0/s1. The maximum Gasteiger partial charge on any atom is 0.269 e. The van der Waals surface area contributed by atoms with Crippen LogP contribution in [0, 0.1) is 0 Å². The molecule has 0 unspecified atom stereocenters. The quantitative estimate of drug-likeness (QED) is 0.474. The number of ether oxygens (including phenoxy) is 1. The molecule has 0 aliphatic carbocycles. The minimum atomic E-state index is -4.16. The topological polar surface area (TPSA) is 113 Å². The van der Waals surface area contributed by atoms with Gasteiger partial charge in [0.2, 0.25) is 11.8 Å². The zero-order valence-electron chi connectivity index (χ0n) is 20.2. The summed E-state index contributed by atoms with van der Waals surface area (Å²) < 4.78 is 31.7.